The molecule has 1 aliphatic heterocycles. The first kappa shape index (κ1) is 19.4. The molecule has 0 radical (unpaired) electrons. The summed E-state index contributed by atoms with van der Waals surface area (Å²) >= 11 is 0. The summed E-state index contributed by atoms with van der Waals surface area (Å²) in [5.41, 5.74) is 1.07. The number of benzene rings is 1. The Hall–Kier alpha value is -0.620. The molecule has 0 aromatic heterocycles. The second kappa shape index (κ2) is 8.29. The van der Waals surface area contributed by atoms with Crippen molar-refractivity contribution in [2.24, 2.45) is 0 Å². The molecule has 1 aliphatic rings. The van der Waals surface area contributed by atoms with Gasteiger partial charge in [0.25, 0.3) is 0 Å². The molecule has 0 spiro atoms. The molecule has 0 bridgehead atoms. The zero-order chi connectivity index (χ0) is 15.5. The Balaban J connectivity index is 0.00000242. The van der Waals surface area contributed by atoms with E-state index in [0.717, 1.165) is 31.5 Å². The summed E-state index contributed by atoms with van der Waals surface area (Å²) in [5.74, 6) is 0.327. The Morgan fingerprint density at radius 1 is 1.36 bits per heavy atom. The lowest BCUT2D eigenvalue weighted by Gasteiger charge is -2.27. The van der Waals surface area contributed by atoms with E-state index in [4.69, 9.17) is 0 Å². The Morgan fingerprint density at radius 2 is 2.09 bits per heavy atom. The maximum Gasteiger partial charge on any atom is 0.243 e. The molecule has 1 saturated heterocycles. The van der Waals surface area contributed by atoms with E-state index in [2.05, 4.69) is 19.2 Å². The van der Waals surface area contributed by atoms with Crippen molar-refractivity contribution < 1.29 is 8.42 Å². The fourth-order valence-corrected chi connectivity index (χ4v) is 4.58. The van der Waals surface area contributed by atoms with Crippen LogP contribution >= 0.6 is 12.4 Å². The predicted octanol–water partition coefficient (Wildman–Crippen LogP) is 2.99. The van der Waals surface area contributed by atoms with Crippen molar-refractivity contribution in [1.29, 1.82) is 0 Å². The van der Waals surface area contributed by atoms with Crippen LogP contribution in [-0.2, 0) is 10.0 Å². The van der Waals surface area contributed by atoms with Gasteiger partial charge >= 0.3 is 0 Å². The highest BCUT2D eigenvalue weighted by molar-refractivity contribution is 7.89. The number of rotatable bonds is 6. The molecule has 1 heterocycles. The highest BCUT2D eigenvalue weighted by Crippen LogP contribution is 2.24. The molecule has 0 aliphatic carbocycles. The van der Waals surface area contributed by atoms with Crippen LogP contribution in [0.3, 0.4) is 0 Å². The second-order valence-corrected chi connectivity index (χ2v) is 7.88. The van der Waals surface area contributed by atoms with Gasteiger partial charge < -0.3 is 5.32 Å². The molecule has 4 nitrogen and oxygen atoms in total. The summed E-state index contributed by atoms with van der Waals surface area (Å²) in [5, 5.41) is 3.26. The van der Waals surface area contributed by atoms with Crippen molar-refractivity contribution in [3.05, 3.63) is 29.8 Å². The number of hydrogen-bond acceptors (Lipinski definition) is 3. The van der Waals surface area contributed by atoms with E-state index < -0.39 is 10.0 Å². The Morgan fingerprint density at radius 3 is 2.64 bits per heavy atom. The fourth-order valence-electron chi connectivity index (χ4n) is 2.77. The third-order valence-electron chi connectivity index (χ3n) is 4.02. The maximum atomic E-state index is 13.0. The number of nitrogens with zero attached hydrogens (tertiary/aromatic N) is 1. The number of halogens is 1. The third kappa shape index (κ3) is 4.22. The molecule has 1 fully saturated rings. The minimum Gasteiger partial charge on any atom is -0.315 e. The van der Waals surface area contributed by atoms with Crippen LogP contribution in [0.25, 0.3) is 0 Å². The topological polar surface area (TPSA) is 49.4 Å². The van der Waals surface area contributed by atoms with Gasteiger partial charge in [0.2, 0.25) is 10.0 Å². The van der Waals surface area contributed by atoms with Gasteiger partial charge in [-0.2, -0.15) is 4.31 Å². The normalized spacial score (nSPS) is 18.7. The van der Waals surface area contributed by atoms with Crippen LogP contribution in [0.5, 0.6) is 0 Å². The summed E-state index contributed by atoms with van der Waals surface area (Å²) in [6.45, 7) is 8.42. The Bertz CT molecular complexity index is 569. The van der Waals surface area contributed by atoms with Crippen LogP contribution in [0.1, 0.15) is 45.1 Å². The highest BCUT2D eigenvalue weighted by atomic mass is 35.5. The minimum absolute atomic E-state index is 0. The highest BCUT2D eigenvalue weighted by Gasteiger charge is 2.32. The van der Waals surface area contributed by atoms with Gasteiger partial charge in [-0.15, -0.1) is 12.4 Å². The summed E-state index contributed by atoms with van der Waals surface area (Å²) in [4.78, 5) is 0.425. The van der Waals surface area contributed by atoms with Gasteiger partial charge in [-0.05, 0) is 43.0 Å². The lowest BCUT2D eigenvalue weighted by Crippen LogP contribution is -2.42. The van der Waals surface area contributed by atoms with Crippen molar-refractivity contribution in [1.82, 2.24) is 9.62 Å². The monoisotopic (exact) mass is 346 g/mol. The zero-order valence-electron chi connectivity index (χ0n) is 13.6. The molecule has 22 heavy (non-hydrogen) atoms. The van der Waals surface area contributed by atoms with E-state index in [-0.39, 0.29) is 18.4 Å². The first-order valence-electron chi connectivity index (χ1n) is 7.79. The molecule has 1 atom stereocenters. The standard InChI is InChI=1S/C16H26N2O2S.ClH/c1-4-10-18(15-8-9-17-12-15)21(19,20)16-7-5-6-14(11-16)13(2)3;/h5-7,11,13,15,17H,4,8-10,12H2,1-3H3;1H. The SMILES string of the molecule is CCCN(C1CCNC1)S(=O)(=O)c1cccc(C(C)C)c1.Cl. The van der Waals surface area contributed by atoms with E-state index in [1.165, 1.54) is 0 Å². The molecule has 6 heteroatoms. The summed E-state index contributed by atoms with van der Waals surface area (Å²) in [6.07, 6.45) is 1.72. The lowest BCUT2D eigenvalue weighted by atomic mass is 10.0. The van der Waals surface area contributed by atoms with Gasteiger partial charge in [0, 0.05) is 19.1 Å². The number of hydrogen-bond donors (Lipinski definition) is 1. The summed E-state index contributed by atoms with van der Waals surface area (Å²) < 4.78 is 27.7. The van der Waals surface area contributed by atoms with E-state index in [0.29, 0.717) is 17.4 Å². The molecule has 1 N–H and O–H groups in total. The molecular formula is C16H27ClN2O2S. The van der Waals surface area contributed by atoms with Crippen molar-refractivity contribution in [2.75, 3.05) is 19.6 Å². The Kier molecular flexibility index (Phi) is 7.32. The zero-order valence-corrected chi connectivity index (χ0v) is 15.2. The molecule has 1 aromatic rings. The van der Waals surface area contributed by atoms with E-state index >= 15 is 0 Å². The van der Waals surface area contributed by atoms with Gasteiger partial charge in [-0.1, -0.05) is 32.9 Å². The first-order chi connectivity index (χ1) is 9.96. The molecule has 126 valence electrons. The van der Waals surface area contributed by atoms with Crippen molar-refractivity contribution in [3.63, 3.8) is 0 Å². The van der Waals surface area contributed by atoms with Crippen LogP contribution in [0.2, 0.25) is 0 Å². The van der Waals surface area contributed by atoms with Gasteiger partial charge in [-0.25, -0.2) is 8.42 Å². The van der Waals surface area contributed by atoms with Crippen LogP contribution in [0.15, 0.2) is 29.2 Å². The van der Waals surface area contributed by atoms with E-state index in [1.807, 2.05) is 25.1 Å². The smallest absolute Gasteiger partial charge is 0.243 e. The van der Waals surface area contributed by atoms with Gasteiger partial charge in [-0.3, -0.25) is 0 Å². The first-order valence-corrected chi connectivity index (χ1v) is 9.23. The summed E-state index contributed by atoms with van der Waals surface area (Å²) in [7, 11) is -3.41. The lowest BCUT2D eigenvalue weighted by molar-refractivity contribution is 0.335. The van der Waals surface area contributed by atoms with Gasteiger partial charge in [0.05, 0.1) is 4.90 Å². The molecule has 2 rings (SSSR count). The molecule has 0 amide bonds. The second-order valence-electron chi connectivity index (χ2n) is 5.99. The number of nitrogens with one attached hydrogen (secondary N) is 1. The van der Waals surface area contributed by atoms with Crippen LogP contribution in [0, 0.1) is 0 Å². The van der Waals surface area contributed by atoms with Crippen LogP contribution < -0.4 is 5.32 Å². The molecule has 1 aromatic carbocycles. The largest absolute Gasteiger partial charge is 0.315 e. The average Bonchev–Trinajstić information content (AvgIpc) is 2.98. The van der Waals surface area contributed by atoms with Gasteiger partial charge in [0.1, 0.15) is 0 Å². The van der Waals surface area contributed by atoms with E-state index in [1.54, 1.807) is 10.4 Å². The average molecular weight is 347 g/mol. The Labute approximate surface area is 140 Å². The number of sulfonamides is 1. The summed E-state index contributed by atoms with van der Waals surface area (Å²) in [6, 6.07) is 7.46. The quantitative estimate of drug-likeness (QED) is 0.861. The predicted molar refractivity (Wildman–Crippen MR) is 93.2 cm³/mol. The van der Waals surface area contributed by atoms with Crippen molar-refractivity contribution in [2.45, 2.75) is 50.5 Å². The van der Waals surface area contributed by atoms with Crippen molar-refractivity contribution in [3.8, 4) is 0 Å². The fraction of sp³-hybridized carbons (Fsp3) is 0.625. The van der Waals surface area contributed by atoms with Crippen LogP contribution in [-0.4, -0.2) is 38.4 Å². The van der Waals surface area contributed by atoms with Crippen molar-refractivity contribution >= 4 is 22.4 Å². The van der Waals surface area contributed by atoms with E-state index in [9.17, 15) is 8.42 Å². The van der Waals surface area contributed by atoms with Gasteiger partial charge in [0.15, 0.2) is 0 Å². The maximum absolute atomic E-state index is 13.0. The molecule has 0 saturated carbocycles. The minimum atomic E-state index is -3.41. The molecular weight excluding hydrogens is 320 g/mol. The third-order valence-corrected chi connectivity index (χ3v) is 5.96. The van der Waals surface area contributed by atoms with Crippen LogP contribution in [0.4, 0.5) is 0 Å². The molecule has 1 unspecified atom stereocenters.